The van der Waals surface area contributed by atoms with Crippen LogP contribution in [0.2, 0.25) is 0 Å². The van der Waals surface area contributed by atoms with Crippen LogP contribution in [-0.4, -0.2) is 45.2 Å². The molecule has 0 aliphatic rings. The number of benzene rings is 2. The Hall–Kier alpha value is -2.94. The fourth-order valence-electron chi connectivity index (χ4n) is 1.94. The molecule has 0 aliphatic heterocycles. The van der Waals surface area contributed by atoms with Crippen LogP contribution in [0.1, 0.15) is 6.42 Å². The van der Waals surface area contributed by atoms with Gasteiger partial charge in [0.05, 0.1) is 28.5 Å². The van der Waals surface area contributed by atoms with Crippen molar-refractivity contribution in [3.8, 4) is 5.75 Å². The zero-order valence-electron chi connectivity index (χ0n) is 14.4. The summed E-state index contributed by atoms with van der Waals surface area (Å²) in [5.74, 6) is -0.553. The number of carboxylic acid groups (broad SMARTS) is 1. The Balaban J connectivity index is 2.12. The Morgan fingerprint density at radius 2 is 1.58 bits per heavy atom. The van der Waals surface area contributed by atoms with Crippen molar-refractivity contribution in [2.45, 2.75) is 16.2 Å². The zero-order valence-corrected chi connectivity index (χ0v) is 15.2. The van der Waals surface area contributed by atoms with E-state index >= 15 is 0 Å². The van der Waals surface area contributed by atoms with Gasteiger partial charge < -0.3 is 9.84 Å². The van der Waals surface area contributed by atoms with Gasteiger partial charge in [0.15, 0.2) is 0 Å². The third kappa shape index (κ3) is 5.28. The van der Waals surface area contributed by atoms with Gasteiger partial charge >= 0.3 is 5.97 Å². The number of hydrogen-bond donors (Lipinski definition) is 1. The second kappa shape index (κ2) is 8.43. The quantitative estimate of drug-likeness (QED) is 0.560. The van der Waals surface area contributed by atoms with E-state index in [4.69, 9.17) is 9.84 Å². The molecule has 8 nitrogen and oxygen atoms in total. The summed E-state index contributed by atoms with van der Waals surface area (Å²) < 4.78 is 30.5. The maximum atomic E-state index is 12.6. The van der Waals surface area contributed by atoms with E-state index in [9.17, 15) is 13.2 Å². The van der Waals surface area contributed by atoms with Crippen molar-refractivity contribution in [1.29, 1.82) is 0 Å². The van der Waals surface area contributed by atoms with Crippen LogP contribution in [0.3, 0.4) is 0 Å². The summed E-state index contributed by atoms with van der Waals surface area (Å²) in [6.07, 6.45) is -0.127. The van der Waals surface area contributed by atoms with Gasteiger partial charge in [0, 0.05) is 14.1 Å². The fourth-order valence-corrected chi connectivity index (χ4v) is 3.20. The smallest absolute Gasteiger partial charge is 0.306 e. The average molecular weight is 377 g/mol. The Kier molecular flexibility index (Phi) is 6.29. The van der Waals surface area contributed by atoms with Crippen LogP contribution in [0.25, 0.3) is 0 Å². The Morgan fingerprint density at radius 3 is 2.08 bits per heavy atom. The summed E-state index contributed by atoms with van der Waals surface area (Å²) in [5, 5.41) is 17.9. The number of carboxylic acids is 1. The summed E-state index contributed by atoms with van der Waals surface area (Å²) >= 11 is 0. The van der Waals surface area contributed by atoms with Gasteiger partial charge in [0.1, 0.15) is 5.75 Å². The summed E-state index contributed by atoms with van der Waals surface area (Å²) in [5.41, 5.74) is 0.542. The van der Waals surface area contributed by atoms with Crippen molar-refractivity contribution >= 4 is 21.5 Å². The van der Waals surface area contributed by atoms with Gasteiger partial charge in [0.25, 0.3) is 0 Å². The van der Waals surface area contributed by atoms with Gasteiger partial charge in [-0.2, -0.15) is 0 Å². The van der Waals surface area contributed by atoms with Gasteiger partial charge in [-0.15, -0.1) is 5.11 Å². The largest absolute Gasteiger partial charge is 0.493 e. The molecule has 0 fully saturated rings. The molecule has 0 heterocycles. The first-order valence-corrected chi connectivity index (χ1v) is 9.16. The molecule has 0 unspecified atom stereocenters. The number of hydrogen-bond acceptors (Lipinski definition) is 6. The molecule has 0 saturated heterocycles. The minimum absolute atomic E-state index is 0.0182. The molecule has 0 radical (unpaired) electrons. The summed E-state index contributed by atoms with van der Waals surface area (Å²) in [4.78, 5) is 10.7. The van der Waals surface area contributed by atoms with Gasteiger partial charge in [0.2, 0.25) is 9.84 Å². The number of rotatable bonds is 8. The van der Waals surface area contributed by atoms with Crippen molar-refractivity contribution in [2.75, 3.05) is 20.7 Å². The molecule has 0 atom stereocenters. The third-order valence-electron chi connectivity index (χ3n) is 3.20. The highest BCUT2D eigenvalue weighted by Gasteiger charge is 2.17. The zero-order chi connectivity index (χ0) is 19.2. The van der Waals surface area contributed by atoms with Gasteiger partial charge in [-0.05, 0) is 48.5 Å². The Labute approximate surface area is 151 Å². The van der Waals surface area contributed by atoms with E-state index in [1.165, 1.54) is 41.4 Å². The molecule has 9 heteroatoms. The molecular weight excluding hydrogens is 358 g/mol. The van der Waals surface area contributed by atoms with Crippen LogP contribution < -0.4 is 4.74 Å². The molecule has 0 amide bonds. The average Bonchev–Trinajstić information content (AvgIpc) is 2.60. The first kappa shape index (κ1) is 19.4. The number of ether oxygens (including phenoxy) is 1. The van der Waals surface area contributed by atoms with E-state index in [0.29, 0.717) is 11.4 Å². The van der Waals surface area contributed by atoms with Crippen molar-refractivity contribution in [2.24, 2.45) is 10.3 Å². The maximum absolute atomic E-state index is 12.6. The first-order valence-electron chi connectivity index (χ1n) is 7.68. The fraction of sp³-hybridized carbons (Fsp3) is 0.235. The van der Waals surface area contributed by atoms with Crippen LogP contribution in [-0.2, 0) is 14.6 Å². The minimum Gasteiger partial charge on any atom is -0.493 e. The monoisotopic (exact) mass is 377 g/mol. The minimum atomic E-state index is -3.67. The SMILES string of the molecule is CN(C)N=Nc1ccc(S(=O)(=O)c2ccc(OCCC(=O)O)cc2)cc1. The van der Waals surface area contributed by atoms with Crippen LogP contribution >= 0.6 is 0 Å². The standard InChI is InChI=1S/C17H19N3O5S/c1-20(2)19-18-13-3-7-15(8-4-13)26(23,24)16-9-5-14(6-10-16)25-12-11-17(21)22/h3-10H,11-12H2,1-2H3,(H,21,22). The predicted molar refractivity (Wildman–Crippen MR) is 94.3 cm³/mol. The van der Waals surface area contributed by atoms with Crippen molar-refractivity contribution in [3.63, 3.8) is 0 Å². The number of nitrogens with zero attached hydrogens (tertiary/aromatic N) is 3. The lowest BCUT2D eigenvalue weighted by Gasteiger charge is -2.08. The second-order valence-corrected chi connectivity index (χ2v) is 7.45. The topological polar surface area (TPSA) is 109 Å². The van der Waals surface area contributed by atoms with E-state index in [1.807, 2.05) is 0 Å². The van der Waals surface area contributed by atoms with E-state index < -0.39 is 15.8 Å². The molecule has 0 bridgehead atoms. The molecule has 2 aromatic rings. The highest BCUT2D eigenvalue weighted by Crippen LogP contribution is 2.25. The van der Waals surface area contributed by atoms with E-state index in [0.717, 1.165) is 0 Å². The normalized spacial score (nSPS) is 11.5. The highest BCUT2D eigenvalue weighted by molar-refractivity contribution is 7.91. The summed E-state index contributed by atoms with van der Waals surface area (Å²) in [7, 11) is -0.203. The first-order chi connectivity index (χ1) is 12.3. The van der Waals surface area contributed by atoms with E-state index in [2.05, 4.69) is 10.3 Å². The van der Waals surface area contributed by atoms with E-state index in [-0.39, 0.29) is 22.8 Å². The molecule has 26 heavy (non-hydrogen) atoms. The highest BCUT2D eigenvalue weighted by atomic mass is 32.2. The molecule has 0 spiro atoms. The number of sulfone groups is 1. The van der Waals surface area contributed by atoms with Crippen molar-refractivity contribution < 1.29 is 23.1 Å². The number of carbonyl (C=O) groups is 1. The van der Waals surface area contributed by atoms with Crippen molar-refractivity contribution in [3.05, 3.63) is 48.5 Å². The third-order valence-corrected chi connectivity index (χ3v) is 4.99. The molecule has 138 valence electrons. The molecule has 0 aliphatic carbocycles. The predicted octanol–water partition coefficient (Wildman–Crippen LogP) is 2.93. The van der Waals surface area contributed by atoms with Crippen molar-refractivity contribution in [1.82, 2.24) is 5.01 Å². The molecule has 0 saturated carbocycles. The van der Waals surface area contributed by atoms with Crippen LogP contribution in [0.15, 0.2) is 68.7 Å². The van der Waals surface area contributed by atoms with Gasteiger partial charge in [-0.3, -0.25) is 9.80 Å². The van der Waals surface area contributed by atoms with Gasteiger partial charge in [-0.1, -0.05) is 5.22 Å². The molecule has 2 aromatic carbocycles. The molecular formula is C17H19N3O5S. The summed E-state index contributed by atoms with van der Waals surface area (Å²) in [6.45, 7) is 0.0182. The van der Waals surface area contributed by atoms with E-state index in [1.54, 1.807) is 26.2 Å². The van der Waals surface area contributed by atoms with Gasteiger partial charge in [-0.25, -0.2) is 8.42 Å². The lowest BCUT2D eigenvalue weighted by Crippen LogP contribution is -2.05. The molecule has 2 rings (SSSR count). The molecule has 1 N–H and O–H groups in total. The van der Waals surface area contributed by atoms with Crippen LogP contribution in [0, 0.1) is 0 Å². The van der Waals surface area contributed by atoms with Crippen LogP contribution in [0.4, 0.5) is 5.69 Å². The lowest BCUT2D eigenvalue weighted by atomic mass is 10.3. The molecule has 0 aromatic heterocycles. The number of aliphatic carboxylic acids is 1. The summed E-state index contributed by atoms with van der Waals surface area (Å²) in [6, 6.07) is 11.9. The maximum Gasteiger partial charge on any atom is 0.306 e. The Morgan fingerprint density at radius 1 is 1.04 bits per heavy atom. The Bertz CT molecular complexity index is 876. The van der Waals surface area contributed by atoms with Crippen LogP contribution in [0.5, 0.6) is 5.75 Å². The lowest BCUT2D eigenvalue weighted by molar-refractivity contribution is -0.137. The second-order valence-electron chi connectivity index (χ2n) is 5.50.